The van der Waals surface area contributed by atoms with Crippen molar-refractivity contribution in [1.29, 1.82) is 0 Å². The van der Waals surface area contributed by atoms with Crippen LogP contribution in [0.3, 0.4) is 0 Å². The maximum atomic E-state index is 13.1. The minimum absolute atomic E-state index is 0.000603. The molecular weight excluding hydrogens is 416 g/mol. The number of hydrogen-bond acceptors (Lipinski definition) is 3. The normalized spacial score (nSPS) is 13.7. The molecule has 1 aromatic rings. The second-order valence-electron chi connectivity index (χ2n) is 9.54. The van der Waals surface area contributed by atoms with Crippen LogP contribution in [-0.4, -0.2) is 38.6 Å². The van der Waals surface area contributed by atoms with Gasteiger partial charge in [-0.1, -0.05) is 38.4 Å². The molecule has 1 unspecified atom stereocenters. The van der Waals surface area contributed by atoms with Crippen LogP contribution in [0.2, 0.25) is 18.1 Å². The van der Waals surface area contributed by atoms with Gasteiger partial charge in [-0.25, -0.2) is 13.6 Å². The highest BCUT2D eigenvalue weighted by molar-refractivity contribution is 6.48. The van der Waals surface area contributed by atoms with Crippen LogP contribution in [0.1, 0.15) is 58.8 Å². The lowest BCUT2D eigenvalue weighted by Crippen LogP contribution is -2.39. The Labute approximate surface area is 180 Å². The lowest BCUT2D eigenvalue weighted by atomic mass is 9.84. The molecule has 0 aliphatic heterocycles. The molecule has 0 aromatic heterocycles. The van der Waals surface area contributed by atoms with E-state index in [1.807, 2.05) is 6.07 Å². The fraction of sp³-hybridized carbons (Fsp3) is 0.667. The van der Waals surface area contributed by atoms with Crippen molar-refractivity contribution in [2.45, 2.75) is 79.3 Å². The first-order chi connectivity index (χ1) is 13.1. The van der Waals surface area contributed by atoms with Crippen molar-refractivity contribution in [3.8, 4) is 0 Å². The fourth-order valence-electron chi connectivity index (χ4n) is 2.83. The molecule has 1 atom stereocenters. The number of alkyl halides is 2. The SMILES string of the molecule is C[SiH](C)OC(c1cc(CN(CC(F)F)C(=O)OC(C)(C)C)ccc1Cl)C(C)(C)C. The smallest absolute Gasteiger partial charge is 0.410 e. The summed E-state index contributed by atoms with van der Waals surface area (Å²) in [6.07, 6.45) is -3.66. The Morgan fingerprint density at radius 3 is 2.21 bits per heavy atom. The van der Waals surface area contributed by atoms with Crippen molar-refractivity contribution >= 4 is 26.7 Å². The van der Waals surface area contributed by atoms with E-state index in [1.54, 1.807) is 32.9 Å². The lowest BCUT2D eigenvalue weighted by molar-refractivity contribution is 0.00815. The summed E-state index contributed by atoms with van der Waals surface area (Å²) in [6.45, 7) is 14.8. The quantitative estimate of drug-likeness (QED) is 0.450. The number of nitrogens with zero attached hydrogens (tertiary/aromatic N) is 1. The molecule has 0 fully saturated rings. The Morgan fingerprint density at radius 1 is 1.17 bits per heavy atom. The van der Waals surface area contributed by atoms with Crippen LogP contribution in [0.25, 0.3) is 0 Å². The maximum absolute atomic E-state index is 13.1. The first-order valence-electron chi connectivity index (χ1n) is 9.80. The highest BCUT2D eigenvalue weighted by Gasteiger charge is 2.30. The molecule has 0 saturated heterocycles. The summed E-state index contributed by atoms with van der Waals surface area (Å²) in [5.41, 5.74) is 0.529. The van der Waals surface area contributed by atoms with Crippen LogP contribution in [-0.2, 0) is 15.7 Å². The summed E-state index contributed by atoms with van der Waals surface area (Å²) < 4.78 is 37.7. The minimum atomic E-state index is -2.66. The molecule has 0 bridgehead atoms. The van der Waals surface area contributed by atoms with Gasteiger partial charge in [-0.3, -0.25) is 4.90 Å². The van der Waals surface area contributed by atoms with Crippen molar-refractivity contribution in [3.05, 3.63) is 34.3 Å². The van der Waals surface area contributed by atoms with Crippen LogP contribution < -0.4 is 0 Å². The van der Waals surface area contributed by atoms with Gasteiger partial charge in [-0.15, -0.1) is 0 Å². The van der Waals surface area contributed by atoms with E-state index in [9.17, 15) is 13.6 Å². The zero-order chi connectivity index (χ0) is 22.6. The third-order valence-corrected chi connectivity index (χ3v) is 5.08. The monoisotopic (exact) mass is 449 g/mol. The summed E-state index contributed by atoms with van der Waals surface area (Å²) >= 11 is 6.46. The largest absolute Gasteiger partial charge is 0.444 e. The molecule has 0 N–H and O–H groups in total. The van der Waals surface area contributed by atoms with Gasteiger partial charge >= 0.3 is 6.09 Å². The summed E-state index contributed by atoms with van der Waals surface area (Å²) in [5, 5.41) is 0.556. The Balaban J connectivity index is 3.22. The second kappa shape index (κ2) is 10.2. The van der Waals surface area contributed by atoms with E-state index < -0.39 is 33.7 Å². The van der Waals surface area contributed by atoms with Crippen LogP contribution >= 0.6 is 11.6 Å². The molecule has 4 nitrogen and oxygen atoms in total. The highest BCUT2D eigenvalue weighted by atomic mass is 35.5. The zero-order valence-corrected chi connectivity index (χ0v) is 20.6. The highest BCUT2D eigenvalue weighted by Crippen LogP contribution is 2.40. The van der Waals surface area contributed by atoms with Gasteiger partial charge in [0, 0.05) is 11.6 Å². The molecule has 0 aliphatic rings. The standard InChI is InChI=1S/C21H34ClF2NO3Si/c1-20(2,3)18(28-29(7)8)15-11-14(9-10-16(15)22)12-25(13-17(23)24)19(26)27-21(4,5)6/h9-11,17-18,29H,12-13H2,1-8H3. The van der Waals surface area contributed by atoms with E-state index in [4.69, 9.17) is 20.8 Å². The first kappa shape index (κ1) is 25.9. The fourth-order valence-corrected chi connectivity index (χ4v) is 4.14. The average molecular weight is 450 g/mol. The molecular formula is C21H34ClF2NO3Si. The van der Waals surface area contributed by atoms with E-state index in [1.165, 1.54) is 0 Å². The molecule has 29 heavy (non-hydrogen) atoms. The third kappa shape index (κ3) is 9.01. The Morgan fingerprint density at radius 2 is 1.76 bits per heavy atom. The minimum Gasteiger partial charge on any atom is -0.444 e. The van der Waals surface area contributed by atoms with Crippen molar-refractivity contribution in [2.75, 3.05) is 6.54 Å². The lowest BCUT2D eigenvalue weighted by Gasteiger charge is -2.34. The number of ether oxygens (including phenoxy) is 1. The number of carbonyl (C=O) groups is 1. The summed E-state index contributed by atoms with van der Waals surface area (Å²) in [5.74, 6) is 0. The molecule has 1 aromatic carbocycles. The zero-order valence-electron chi connectivity index (χ0n) is 18.7. The molecule has 166 valence electrons. The van der Waals surface area contributed by atoms with Crippen LogP contribution in [0, 0.1) is 5.41 Å². The van der Waals surface area contributed by atoms with Gasteiger partial charge < -0.3 is 9.16 Å². The van der Waals surface area contributed by atoms with Crippen LogP contribution in [0.15, 0.2) is 18.2 Å². The van der Waals surface area contributed by atoms with Crippen molar-refractivity contribution in [3.63, 3.8) is 0 Å². The van der Waals surface area contributed by atoms with Gasteiger partial charge in [0.1, 0.15) is 5.60 Å². The average Bonchev–Trinajstić information content (AvgIpc) is 2.50. The molecule has 8 heteroatoms. The van der Waals surface area contributed by atoms with Crippen LogP contribution in [0.4, 0.5) is 13.6 Å². The Kier molecular flexibility index (Phi) is 9.11. The summed E-state index contributed by atoms with van der Waals surface area (Å²) in [7, 11) is -1.37. The van der Waals surface area contributed by atoms with Crippen molar-refractivity contribution in [1.82, 2.24) is 4.90 Å². The van der Waals surface area contributed by atoms with Gasteiger partial charge in [0.25, 0.3) is 6.43 Å². The van der Waals surface area contributed by atoms with E-state index in [0.717, 1.165) is 10.5 Å². The number of amides is 1. The predicted molar refractivity (Wildman–Crippen MR) is 116 cm³/mol. The van der Waals surface area contributed by atoms with E-state index in [-0.39, 0.29) is 18.1 Å². The maximum Gasteiger partial charge on any atom is 0.410 e. The van der Waals surface area contributed by atoms with E-state index >= 15 is 0 Å². The van der Waals surface area contributed by atoms with Gasteiger partial charge in [-0.05, 0) is 62.5 Å². The number of carbonyl (C=O) groups excluding carboxylic acids is 1. The summed E-state index contributed by atoms with van der Waals surface area (Å²) in [6, 6.07) is 5.31. The first-order valence-corrected chi connectivity index (χ1v) is 13.0. The molecule has 0 radical (unpaired) electrons. The summed E-state index contributed by atoms with van der Waals surface area (Å²) in [4.78, 5) is 13.4. The number of benzene rings is 1. The topological polar surface area (TPSA) is 38.8 Å². The molecule has 0 saturated carbocycles. The number of hydrogen-bond donors (Lipinski definition) is 0. The third-order valence-electron chi connectivity index (χ3n) is 3.92. The van der Waals surface area contributed by atoms with Crippen molar-refractivity contribution in [2.24, 2.45) is 5.41 Å². The molecule has 1 rings (SSSR count). The second-order valence-corrected chi connectivity index (χ2v) is 12.3. The molecule has 0 aliphatic carbocycles. The van der Waals surface area contributed by atoms with Gasteiger partial charge in [0.2, 0.25) is 0 Å². The van der Waals surface area contributed by atoms with Crippen molar-refractivity contribution < 1.29 is 22.7 Å². The van der Waals surface area contributed by atoms with Crippen LogP contribution in [0.5, 0.6) is 0 Å². The molecule has 0 heterocycles. The van der Waals surface area contributed by atoms with Gasteiger partial charge in [0.05, 0.1) is 12.6 Å². The van der Waals surface area contributed by atoms with Gasteiger partial charge in [-0.2, -0.15) is 0 Å². The Hall–Kier alpha value is -1.18. The van der Waals surface area contributed by atoms with Gasteiger partial charge in [0.15, 0.2) is 9.04 Å². The molecule has 1 amide bonds. The predicted octanol–water partition coefficient (Wildman–Crippen LogP) is 6.43. The van der Waals surface area contributed by atoms with E-state index in [0.29, 0.717) is 10.6 Å². The molecule has 0 spiro atoms. The number of rotatable bonds is 7. The van der Waals surface area contributed by atoms with E-state index in [2.05, 4.69) is 33.9 Å². The number of halogens is 3. The Bertz CT molecular complexity index is 687.